The molecule has 2 unspecified atom stereocenters. The van der Waals surface area contributed by atoms with Gasteiger partial charge in [0.05, 0.1) is 11.5 Å². The predicted molar refractivity (Wildman–Crippen MR) is 65.5 cm³/mol. The summed E-state index contributed by atoms with van der Waals surface area (Å²) in [5.74, 6) is 0.873. The summed E-state index contributed by atoms with van der Waals surface area (Å²) in [4.78, 5) is 12.5. The highest BCUT2D eigenvalue weighted by Crippen LogP contribution is 2.34. The second kappa shape index (κ2) is 5.01. The Morgan fingerprint density at radius 3 is 2.72 bits per heavy atom. The van der Waals surface area contributed by atoms with Crippen LogP contribution < -0.4 is 10.6 Å². The number of amides is 1. The van der Waals surface area contributed by atoms with E-state index in [4.69, 9.17) is 0 Å². The number of H-pyrrole nitrogens is 1. The number of carbonyl (C=O) groups is 1. The zero-order chi connectivity index (χ0) is 13.2. The Bertz CT molecular complexity index is 396. The average molecular weight is 252 g/mol. The van der Waals surface area contributed by atoms with Gasteiger partial charge in [0.15, 0.2) is 5.82 Å². The van der Waals surface area contributed by atoms with E-state index in [2.05, 4.69) is 45.1 Å². The monoisotopic (exact) mass is 252 g/mol. The molecule has 7 nitrogen and oxygen atoms in total. The van der Waals surface area contributed by atoms with Gasteiger partial charge in [-0.05, 0) is 25.8 Å². The van der Waals surface area contributed by atoms with Gasteiger partial charge in [0.25, 0.3) is 0 Å². The first-order valence-corrected chi connectivity index (χ1v) is 6.31. The van der Waals surface area contributed by atoms with Gasteiger partial charge in [0, 0.05) is 6.54 Å². The fourth-order valence-corrected chi connectivity index (χ4v) is 2.42. The molecule has 0 radical (unpaired) electrons. The summed E-state index contributed by atoms with van der Waals surface area (Å²) in [6.45, 7) is 7.66. The number of aromatic nitrogens is 4. The molecule has 0 spiro atoms. The Morgan fingerprint density at radius 2 is 2.22 bits per heavy atom. The number of hydrogen-bond donors (Lipinski definition) is 3. The van der Waals surface area contributed by atoms with Crippen molar-refractivity contribution in [2.45, 2.75) is 33.2 Å². The highest BCUT2D eigenvalue weighted by atomic mass is 16.2. The molecule has 2 rings (SSSR count). The summed E-state index contributed by atoms with van der Waals surface area (Å²) < 4.78 is 0. The molecule has 18 heavy (non-hydrogen) atoms. The highest BCUT2D eigenvalue weighted by molar-refractivity contribution is 5.83. The quantitative estimate of drug-likeness (QED) is 0.701. The molecule has 1 aromatic rings. The van der Waals surface area contributed by atoms with E-state index in [1.165, 1.54) is 0 Å². The molecule has 1 saturated heterocycles. The summed E-state index contributed by atoms with van der Waals surface area (Å²) in [6, 6.07) is -0.229. The summed E-state index contributed by atoms with van der Waals surface area (Å²) in [7, 11) is 0. The molecule has 3 N–H and O–H groups in total. The molecular formula is C11H20N6O. The smallest absolute Gasteiger partial charge is 0.228 e. The first-order valence-electron chi connectivity index (χ1n) is 6.31. The standard InChI is InChI=1S/C11H20N6O/c1-7(2)11(4-5-12-6-11)10(18)13-8(3)9-14-16-17-15-9/h7-8,12H,4-6H2,1-3H3,(H,13,18)(H,14,15,16,17). The zero-order valence-corrected chi connectivity index (χ0v) is 11.0. The largest absolute Gasteiger partial charge is 0.346 e. The van der Waals surface area contributed by atoms with Crippen LogP contribution in [0.15, 0.2) is 0 Å². The van der Waals surface area contributed by atoms with E-state index >= 15 is 0 Å². The van der Waals surface area contributed by atoms with Crippen LogP contribution in [-0.2, 0) is 4.79 Å². The molecular weight excluding hydrogens is 232 g/mol. The van der Waals surface area contributed by atoms with Crippen LogP contribution in [0.2, 0.25) is 0 Å². The second-order valence-electron chi connectivity index (χ2n) is 5.20. The SMILES string of the molecule is CC(NC(=O)C1(C(C)C)CCNC1)c1nn[nH]n1. The molecule has 2 heterocycles. The molecule has 7 heteroatoms. The molecule has 0 saturated carbocycles. The zero-order valence-electron chi connectivity index (χ0n) is 11.0. The molecule has 1 amide bonds. The van der Waals surface area contributed by atoms with Crippen LogP contribution in [0.5, 0.6) is 0 Å². The first-order chi connectivity index (χ1) is 8.56. The van der Waals surface area contributed by atoms with E-state index in [1.54, 1.807) is 0 Å². The fraction of sp³-hybridized carbons (Fsp3) is 0.818. The molecule has 0 aliphatic carbocycles. The van der Waals surface area contributed by atoms with Gasteiger partial charge in [-0.15, -0.1) is 10.2 Å². The lowest BCUT2D eigenvalue weighted by Crippen LogP contribution is -2.46. The van der Waals surface area contributed by atoms with E-state index in [0.29, 0.717) is 11.7 Å². The Kier molecular flexibility index (Phi) is 3.60. The van der Waals surface area contributed by atoms with Gasteiger partial charge in [0.1, 0.15) is 0 Å². The predicted octanol–water partition coefficient (Wildman–Crippen LogP) is 0.0126. The third kappa shape index (κ3) is 2.22. The van der Waals surface area contributed by atoms with Crippen LogP contribution in [0.4, 0.5) is 0 Å². The van der Waals surface area contributed by atoms with Crippen LogP contribution in [0.3, 0.4) is 0 Å². The van der Waals surface area contributed by atoms with E-state index in [-0.39, 0.29) is 17.4 Å². The lowest BCUT2D eigenvalue weighted by molar-refractivity contribution is -0.133. The maximum atomic E-state index is 12.5. The van der Waals surface area contributed by atoms with E-state index in [9.17, 15) is 4.79 Å². The second-order valence-corrected chi connectivity index (χ2v) is 5.20. The van der Waals surface area contributed by atoms with E-state index in [1.807, 2.05) is 6.92 Å². The number of tetrazole rings is 1. The molecule has 2 atom stereocenters. The van der Waals surface area contributed by atoms with Crippen molar-refractivity contribution in [3.8, 4) is 0 Å². The minimum Gasteiger partial charge on any atom is -0.346 e. The number of hydrogen-bond acceptors (Lipinski definition) is 5. The molecule has 0 aromatic carbocycles. The number of aromatic amines is 1. The summed E-state index contributed by atoms with van der Waals surface area (Å²) >= 11 is 0. The Balaban J connectivity index is 2.06. The number of nitrogens with zero attached hydrogens (tertiary/aromatic N) is 3. The Hall–Kier alpha value is -1.50. The van der Waals surface area contributed by atoms with Gasteiger partial charge >= 0.3 is 0 Å². The molecule has 1 aliphatic rings. The summed E-state index contributed by atoms with van der Waals surface area (Å²) in [5, 5.41) is 19.9. The van der Waals surface area contributed by atoms with Crippen molar-refractivity contribution in [2.24, 2.45) is 11.3 Å². The number of nitrogens with one attached hydrogen (secondary N) is 3. The summed E-state index contributed by atoms with van der Waals surface area (Å²) in [5.41, 5.74) is -0.321. The van der Waals surface area contributed by atoms with Gasteiger partial charge in [-0.1, -0.05) is 19.1 Å². The molecule has 1 aromatic heterocycles. The van der Waals surface area contributed by atoms with Gasteiger partial charge in [-0.25, -0.2) is 0 Å². The van der Waals surface area contributed by atoms with Crippen molar-refractivity contribution in [1.29, 1.82) is 0 Å². The van der Waals surface area contributed by atoms with Crippen LogP contribution in [0.25, 0.3) is 0 Å². The van der Waals surface area contributed by atoms with Crippen LogP contribution in [-0.4, -0.2) is 39.6 Å². The van der Waals surface area contributed by atoms with Crippen molar-refractivity contribution in [3.05, 3.63) is 5.82 Å². The minimum atomic E-state index is -0.321. The lowest BCUT2D eigenvalue weighted by atomic mass is 9.75. The van der Waals surface area contributed by atoms with Crippen molar-refractivity contribution < 1.29 is 4.79 Å². The Labute approximate surface area is 106 Å². The highest BCUT2D eigenvalue weighted by Gasteiger charge is 2.44. The van der Waals surface area contributed by atoms with Crippen molar-refractivity contribution in [2.75, 3.05) is 13.1 Å². The van der Waals surface area contributed by atoms with E-state index < -0.39 is 0 Å². The van der Waals surface area contributed by atoms with Gasteiger partial charge in [0.2, 0.25) is 5.91 Å². The van der Waals surface area contributed by atoms with Gasteiger partial charge in [-0.2, -0.15) is 5.21 Å². The molecule has 100 valence electrons. The summed E-state index contributed by atoms with van der Waals surface area (Å²) in [6.07, 6.45) is 0.871. The molecule has 0 bridgehead atoms. The number of rotatable bonds is 4. The fourth-order valence-electron chi connectivity index (χ4n) is 2.42. The number of carbonyl (C=O) groups excluding carboxylic acids is 1. The van der Waals surface area contributed by atoms with E-state index in [0.717, 1.165) is 19.5 Å². The van der Waals surface area contributed by atoms with Crippen LogP contribution in [0.1, 0.15) is 39.1 Å². The normalized spacial score (nSPS) is 25.3. The third-order valence-corrected chi connectivity index (χ3v) is 3.84. The molecule has 1 aliphatic heterocycles. The van der Waals surface area contributed by atoms with Crippen molar-refractivity contribution in [1.82, 2.24) is 31.3 Å². The van der Waals surface area contributed by atoms with Crippen LogP contribution in [0, 0.1) is 11.3 Å². The Morgan fingerprint density at radius 1 is 1.44 bits per heavy atom. The minimum absolute atomic E-state index is 0.0693. The molecule has 1 fully saturated rings. The van der Waals surface area contributed by atoms with Gasteiger partial charge in [-0.3, -0.25) is 4.79 Å². The topological polar surface area (TPSA) is 95.6 Å². The van der Waals surface area contributed by atoms with Crippen molar-refractivity contribution in [3.63, 3.8) is 0 Å². The first kappa shape index (κ1) is 12.9. The average Bonchev–Trinajstić information content (AvgIpc) is 3.01. The third-order valence-electron chi connectivity index (χ3n) is 3.84. The van der Waals surface area contributed by atoms with Crippen LogP contribution >= 0.6 is 0 Å². The van der Waals surface area contributed by atoms with Crippen molar-refractivity contribution >= 4 is 5.91 Å². The lowest BCUT2D eigenvalue weighted by Gasteiger charge is -2.32. The maximum absolute atomic E-state index is 12.5. The van der Waals surface area contributed by atoms with Gasteiger partial charge < -0.3 is 10.6 Å². The maximum Gasteiger partial charge on any atom is 0.228 e.